The number of likely N-dealkylation sites (N-methyl/N-ethyl adjacent to an activating group) is 1. The maximum Gasteiger partial charge on any atom is 0.248 e. The van der Waals surface area contributed by atoms with E-state index in [4.69, 9.17) is 0 Å². The molecule has 1 fully saturated rings. The van der Waals surface area contributed by atoms with Gasteiger partial charge in [-0.05, 0) is 59.3 Å². The molecular weight excluding hydrogens is 326 g/mol. The molecule has 1 aromatic heterocycles. The van der Waals surface area contributed by atoms with Crippen molar-refractivity contribution in [3.05, 3.63) is 28.5 Å². The van der Waals surface area contributed by atoms with Gasteiger partial charge in [0.2, 0.25) is 5.92 Å². The van der Waals surface area contributed by atoms with Gasteiger partial charge in [0.15, 0.2) is 0 Å². The topological polar surface area (TPSA) is 24.9 Å². The molecule has 1 aromatic rings. The van der Waals surface area contributed by atoms with Crippen molar-refractivity contribution in [1.29, 1.82) is 0 Å². The number of hydrogen-bond acceptors (Lipinski definition) is 2. The van der Waals surface area contributed by atoms with Gasteiger partial charge in [-0.25, -0.2) is 8.78 Å². The van der Waals surface area contributed by atoms with Gasteiger partial charge in [0.05, 0.1) is 0 Å². The van der Waals surface area contributed by atoms with E-state index < -0.39 is 5.92 Å². The fourth-order valence-corrected chi connectivity index (χ4v) is 3.37. The predicted molar refractivity (Wildman–Crippen MR) is 80.0 cm³/mol. The van der Waals surface area contributed by atoms with E-state index in [1.54, 1.807) is 6.20 Å². The van der Waals surface area contributed by atoms with E-state index in [0.717, 1.165) is 23.0 Å². The van der Waals surface area contributed by atoms with Gasteiger partial charge in [-0.3, -0.25) is 4.98 Å². The molecular formula is C15H21BrF2N2. The van der Waals surface area contributed by atoms with Gasteiger partial charge in [0, 0.05) is 35.7 Å². The van der Waals surface area contributed by atoms with Gasteiger partial charge in [-0.1, -0.05) is 6.92 Å². The predicted octanol–water partition coefficient (Wildman–Crippen LogP) is 4.19. The molecule has 1 atom stereocenters. The smallest absolute Gasteiger partial charge is 0.248 e. The second kappa shape index (κ2) is 6.94. The third-order valence-corrected chi connectivity index (χ3v) is 4.45. The maximum absolute atomic E-state index is 13.3. The molecule has 0 aliphatic heterocycles. The molecule has 1 aliphatic carbocycles. The van der Waals surface area contributed by atoms with E-state index in [-0.39, 0.29) is 18.9 Å². The third-order valence-electron chi connectivity index (χ3n) is 4.01. The minimum Gasteiger partial charge on any atom is -0.314 e. The summed E-state index contributed by atoms with van der Waals surface area (Å²) in [6.45, 7) is 2.92. The first-order chi connectivity index (χ1) is 9.50. The fraction of sp³-hybridized carbons (Fsp3) is 0.667. The summed E-state index contributed by atoms with van der Waals surface area (Å²) in [6, 6.07) is 2.31. The Kier molecular flexibility index (Phi) is 5.49. The molecule has 112 valence electrons. The molecule has 2 nitrogen and oxygen atoms in total. The molecule has 5 heteroatoms. The average molecular weight is 347 g/mol. The van der Waals surface area contributed by atoms with E-state index in [0.29, 0.717) is 18.8 Å². The summed E-state index contributed by atoms with van der Waals surface area (Å²) in [7, 11) is 0. The third kappa shape index (κ3) is 4.48. The van der Waals surface area contributed by atoms with Crippen molar-refractivity contribution >= 4 is 15.9 Å². The molecule has 0 aromatic carbocycles. The van der Waals surface area contributed by atoms with Crippen LogP contribution in [0.2, 0.25) is 0 Å². The Morgan fingerprint density at radius 1 is 1.40 bits per heavy atom. The monoisotopic (exact) mass is 346 g/mol. The van der Waals surface area contributed by atoms with Crippen molar-refractivity contribution < 1.29 is 8.78 Å². The summed E-state index contributed by atoms with van der Waals surface area (Å²) >= 11 is 3.42. The zero-order valence-corrected chi connectivity index (χ0v) is 13.3. The van der Waals surface area contributed by atoms with Crippen LogP contribution in [0.3, 0.4) is 0 Å². The maximum atomic E-state index is 13.3. The Labute approximate surface area is 127 Å². The molecule has 1 saturated carbocycles. The molecule has 0 spiro atoms. The summed E-state index contributed by atoms with van der Waals surface area (Å²) in [5.74, 6) is -2.13. The average Bonchev–Trinajstić information content (AvgIpc) is 2.38. The second-order valence-electron chi connectivity index (χ2n) is 5.57. The summed E-state index contributed by atoms with van der Waals surface area (Å²) in [5, 5.41) is 3.46. The van der Waals surface area contributed by atoms with Gasteiger partial charge in [-0.2, -0.15) is 0 Å². The SMILES string of the molecule is CCNC(Cc1cncc(Br)c1)C1CCC(F)(F)CC1. The highest BCUT2D eigenvalue weighted by Gasteiger charge is 2.37. The fourth-order valence-electron chi connectivity index (χ4n) is 2.95. The lowest BCUT2D eigenvalue weighted by Gasteiger charge is -2.34. The number of halogens is 3. The van der Waals surface area contributed by atoms with Crippen LogP contribution in [-0.2, 0) is 6.42 Å². The van der Waals surface area contributed by atoms with Gasteiger partial charge in [0.25, 0.3) is 0 Å². The molecule has 0 radical (unpaired) electrons. The standard InChI is InChI=1S/C15H21BrF2N2/c1-2-20-14(8-11-7-13(16)10-19-9-11)12-3-5-15(17,18)6-4-12/h7,9-10,12,14,20H,2-6,8H2,1H3. The van der Waals surface area contributed by atoms with E-state index in [9.17, 15) is 8.78 Å². The minimum absolute atomic E-state index is 0.0241. The van der Waals surface area contributed by atoms with Crippen LogP contribution in [0, 0.1) is 5.92 Å². The minimum atomic E-state index is -2.45. The first-order valence-electron chi connectivity index (χ1n) is 7.21. The molecule has 0 amide bonds. The first-order valence-corrected chi connectivity index (χ1v) is 8.00. The van der Waals surface area contributed by atoms with Crippen molar-refractivity contribution in [2.24, 2.45) is 5.92 Å². The molecule has 2 rings (SSSR count). The Morgan fingerprint density at radius 3 is 2.70 bits per heavy atom. The summed E-state index contributed by atoms with van der Waals surface area (Å²) in [4.78, 5) is 4.17. The van der Waals surface area contributed by atoms with Gasteiger partial charge in [-0.15, -0.1) is 0 Å². The molecule has 0 saturated heterocycles. The van der Waals surface area contributed by atoms with Gasteiger partial charge in [0.1, 0.15) is 0 Å². The van der Waals surface area contributed by atoms with Crippen molar-refractivity contribution in [3.63, 3.8) is 0 Å². The molecule has 1 N–H and O–H groups in total. The lowest BCUT2D eigenvalue weighted by molar-refractivity contribution is -0.0494. The number of rotatable bonds is 5. The van der Waals surface area contributed by atoms with Crippen LogP contribution in [0.4, 0.5) is 8.78 Å². The molecule has 1 heterocycles. The summed E-state index contributed by atoms with van der Waals surface area (Å²) < 4.78 is 27.5. The highest BCUT2D eigenvalue weighted by molar-refractivity contribution is 9.10. The lowest BCUT2D eigenvalue weighted by Crippen LogP contribution is -2.41. The number of hydrogen-bond donors (Lipinski definition) is 1. The van der Waals surface area contributed by atoms with Crippen molar-refractivity contribution in [2.75, 3.05) is 6.54 Å². The van der Waals surface area contributed by atoms with E-state index in [1.165, 1.54) is 0 Å². The summed E-state index contributed by atoms with van der Waals surface area (Å²) in [6.07, 6.45) is 5.71. The number of pyridine rings is 1. The van der Waals surface area contributed by atoms with Crippen LogP contribution in [0.5, 0.6) is 0 Å². The van der Waals surface area contributed by atoms with E-state index in [1.807, 2.05) is 6.20 Å². The number of nitrogens with zero attached hydrogens (tertiary/aromatic N) is 1. The van der Waals surface area contributed by atoms with Crippen molar-refractivity contribution in [1.82, 2.24) is 10.3 Å². The second-order valence-corrected chi connectivity index (χ2v) is 6.49. The molecule has 0 bridgehead atoms. The quantitative estimate of drug-likeness (QED) is 0.864. The van der Waals surface area contributed by atoms with E-state index >= 15 is 0 Å². The Hall–Kier alpha value is -0.550. The number of aromatic nitrogens is 1. The highest BCUT2D eigenvalue weighted by Crippen LogP contribution is 2.38. The van der Waals surface area contributed by atoms with Crippen LogP contribution in [0.1, 0.15) is 38.2 Å². The highest BCUT2D eigenvalue weighted by atomic mass is 79.9. The van der Waals surface area contributed by atoms with Crippen molar-refractivity contribution in [2.45, 2.75) is 51.0 Å². The number of nitrogens with one attached hydrogen (secondary N) is 1. The molecule has 1 aliphatic rings. The Bertz CT molecular complexity index is 430. The normalized spacial score (nSPS) is 20.8. The van der Waals surface area contributed by atoms with Crippen LogP contribution in [0.15, 0.2) is 22.9 Å². The molecule has 1 unspecified atom stereocenters. The first kappa shape index (κ1) is 15.8. The summed E-state index contributed by atoms with van der Waals surface area (Å²) in [5.41, 5.74) is 1.14. The lowest BCUT2D eigenvalue weighted by atomic mass is 9.80. The van der Waals surface area contributed by atoms with E-state index in [2.05, 4.69) is 39.2 Å². The Balaban J connectivity index is 2.00. The number of alkyl halides is 2. The largest absolute Gasteiger partial charge is 0.314 e. The van der Waals surface area contributed by atoms with Crippen LogP contribution >= 0.6 is 15.9 Å². The van der Waals surface area contributed by atoms with Gasteiger partial charge < -0.3 is 5.32 Å². The van der Waals surface area contributed by atoms with Gasteiger partial charge >= 0.3 is 0 Å². The molecule has 20 heavy (non-hydrogen) atoms. The Morgan fingerprint density at radius 2 is 2.10 bits per heavy atom. The van der Waals surface area contributed by atoms with Crippen LogP contribution in [-0.4, -0.2) is 23.5 Å². The van der Waals surface area contributed by atoms with Crippen LogP contribution in [0.25, 0.3) is 0 Å². The zero-order chi connectivity index (χ0) is 14.6. The van der Waals surface area contributed by atoms with Crippen LogP contribution < -0.4 is 5.32 Å². The zero-order valence-electron chi connectivity index (χ0n) is 11.7. The van der Waals surface area contributed by atoms with Crippen molar-refractivity contribution in [3.8, 4) is 0 Å².